The summed E-state index contributed by atoms with van der Waals surface area (Å²) < 4.78 is 6.37. The zero-order valence-electron chi connectivity index (χ0n) is 9.03. The molecule has 0 fully saturated rings. The first-order valence-electron chi connectivity index (χ1n) is 5.13. The minimum Gasteiger partial charge on any atom is -0.245 e. The van der Waals surface area contributed by atoms with Crippen LogP contribution in [-0.4, -0.2) is 4.22 Å². The fourth-order valence-corrected chi connectivity index (χ4v) is 5.94. The highest BCUT2D eigenvalue weighted by molar-refractivity contribution is 14.1. The lowest BCUT2D eigenvalue weighted by Gasteiger charge is -2.17. The van der Waals surface area contributed by atoms with Gasteiger partial charge in [-0.05, 0) is 22.6 Å². The van der Waals surface area contributed by atoms with Crippen molar-refractivity contribution in [2.24, 2.45) is 4.76 Å². The van der Waals surface area contributed by atoms with Crippen LogP contribution < -0.4 is 10.6 Å². The molecule has 0 aliphatic heterocycles. The van der Waals surface area contributed by atoms with Gasteiger partial charge in [0.25, 0.3) is 0 Å². The molecule has 0 saturated carbocycles. The van der Waals surface area contributed by atoms with Gasteiger partial charge in [-0.3, -0.25) is 0 Å². The Hall–Kier alpha value is -0.510. The normalized spacial score (nSPS) is 11.8. The Morgan fingerprint density at radius 3 is 1.65 bits per heavy atom. The largest absolute Gasteiger partial charge is 0.245 e. The van der Waals surface area contributed by atoms with Gasteiger partial charge in [0, 0.05) is 10.6 Å². The molecule has 2 aromatic rings. The predicted molar refractivity (Wildman–Crippen MR) is 88.9 cm³/mol. The van der Waals surface area contributed by atoms with E-state index in [4.69, 9.17) is 11.8 Å². The Kier molecular flexibility index (Phi) is 4.48. The quantitative estimate of drug-likeness (QED) is 0.457. The molecule has 2 rings (SSSR count). The van der Waals surface area contributed by atoms with Crippen molar-refractivity contribution in [1.82, 2.24) is 0 Å². The second kappa shape index (κ2) is 5.89. The molecule has 17 heavy (non-hydrogen) atoms. The lowest BCUT2D eigenvalue weighted by molar-refractivity contribution is 1.73. The van der Waals surface area contributed by atoms with E-state index in [0.717, 1.165) is 10.6 Å². The summed E-state index contributed by atoms with van der Waals surface area (Å²) in [4.78, 5) is 0. The predicted octanol–water partition coefficient (Wildman–Crippen LogP) is 3.50. The van der Waals surface area contributed by atoms with Gasteiger partial charge in [-0.1, -0.05) is 72.5 Å². The maximum Gasteiger partial charge on any atom is 0.113 e. The van der Waals surface area contributed by atoms with Gasteiger partial charge in [-0.15, -0.1) is 0 Å². The van der Waals surface area contributed by atoms with E-state index in [-0.39, 0.29) is 0 Å². The van der Waals surface area contributed by atoms with Crippen molar-refractivity contribution in [3.8, 4) is 0 Å². The van der Waals surface area contributed by atoms with Gasteiger partial charge >= 0.3 is 0 Å². The first kappa shape index (κ1) is 12.9. The SMILES string of the molecule is S=P(N=CI)(c1ccccc1)c1ccccc1. The maximum absolute atomic E-state index is 5.84. The van der Waals surface area contributed by atoms with Gasteiger partial charge in [0.15, 0.2) is 0 Å². The molecular weight excluding hydrogens is 360 g/mol. The number of hydrogen-bond acceptors (Lipinski definition) is 1. The summed E-state index contributed by atoms with van der Waals surface area (Å²) in [5.41, 5.74) is 0. The van der Waals surface area contributed by atoms with E-state index < -0.39 is 6.19 Å². The van der Waals surface area contributed by atoms with Crippen LogP contribution in [0.3, 0.4) is 0 Å². The summed E-state index contributed by atoms with van der Waals surface area (Å²) in [5, 5.41) is 2.27. The van der Waals surface area contributed by atoms with Crippen molar-refractivity contribution in [3.05, 3.63) is 60.7 Å². The molecule has 0 unspecified atom stereocenters. The highest BCUT2D eigenvalue weighted by atomic mass is 127. The molecule has 0 heterocycles. The molecule has 0 aliphatic rings. The molecule has 0 aromatic heterocycles. The van der Waals surface area contributed by atoms with Gasteiger partial charge in [-0.25, -0.2) is 4.76 Å². The lowest BCUT2D eigenvalue weighted by Crippen LogP contribution is -2.13. The molecule has 0 spiro atoms. The van der Waals surface area contributed by atoms with Crippen molar-refractivity contribution in [2.75, 3.05) is 0 Å². The molecule has 0 atom stereocenters. The number of hydrogen-bond donors (Lipinski definition) is 0. The molecular formula is C13H11INPS. The van der Waals surface area contributed by atoms with Gasteiger partial charge in [0.2, 0.25) is 0 Å². The summed E-state index contributed by atoms with van der Waals surface area (Å²) >= 11 is 7.98. The van der Waals surface area contributed by atoms with Gasteiger partial charge in [0.05, 0.1) is 4.22 Å². The molecule has 1 nitrogen and oxygen atoms in total. The van der Waals surface area contributed by atoms with Crippen LogP contribution >= 0.6 is 28.8 Å². The Balaban J connectivity index is 2.60. The third-order valence-corrected chi connectivity index (χ3v) is 7.12. The number of benzene rings is 2. The van der Waals surface area contributed by atoms with Crippen molar-refractivity contribution < 1.29 is 0 Å². The van der Waals surface area contributed by atoms with Crippen LogP contribution in [0.25, 0.3) is 0 Å². The smallest absolute Gasteiger partial charge is 0.113 e. The zero-order chi connectivity index (χ0) is 12.1. The highest BCUT2D eigenvalue weighted by Crippen LogP contribution is 2.45. The van der Waals surface area contributed by atoms with Crippen LogP contribution in [0, 0.1) is 0 Å². The summed E-state index contributed by atoms with van der Waals surface area (Å²) in [6.45, 7) is 0. The van der Waals surface area contributed by atoms with Gasteiger partial charge < -0.3 is 0 Å². The molecule has 2 aromatic carbocycles. The van der Waals surface area contributed by atoms with Crippen LogP contribution in [0.15, 0.2) is 65.4 Å². The Labute approximate surface area is 120 Å². The van der Waals surface area contributed by atoms with E-state index in [0.29, 0.717) is 0 Å². The van der Waals surface area contributed by atoms with Crippen LogP contribution in [0.1, 0.15) is 0 Å². The number of rotatable bonds is 3. The van der Waals surface area contributed by atoms with Crippen LogP contribution in [0.5, 0.6) is 0 Å². The van der Waals surface area contributed by atoms with Crippen LogP contribution in [0.4, 0.5) is 0 Å². The van der Waals surface area contributed by atoms with E-state index >= 15 is 0 Å². The Morgan fingerprint density at radius 2 is 1.29 bits per heavy atom. The second-order valence-corrected chi connectivity index (χ2v) is 8.02. The molecule has 0 saturated heterocycles. The summed E-state index contributed by atoms with van der Waals surface area (Å²) in [6.07, 6.45) is -2.03. The molecule has 0 N–H and O–H groups in total. The number of nitrogens with zero attached hydrogens (tertiary/aromatic N) is 1. The van der Waals surface area contributed by atoms with Crippen molar-refractivity contribution >= 4 is 55.4 Å². The van der Waals surface area contributed by atoms with Crippen molar-refractivity contribution in [3.63, 3.8) is 0 Å². The molecule has 86 valence electrons. The standard InChI is InChI=1S/C13H11INPS/c14-11-15-16(17,12-7-3-1-4-8-12)13-9-5-2-6-10-13/h1-11H. The summed E-state index contributed by atoms with van der Waals surface area (Å²) in [5.74, 6) is 0. The average molecular weight is 371 g/mol. The van der Waals surface area contributed by atoms with Crippen molar-refractivity contribution in [2.45, 2.75) is 0 Å². The topological polar surface area (TPSA) is 12.4 Å². The van der Waals surface area contributed by atoms with Crippen LogP contribution in [-0.2, 0) is 11.8 Å². The third-order valence-electron chi connectivity index (χ3n) is 2.42. The molecule has 4 heteroatoms. The van der Waals surface area contributed by atoms with E-state index in [1.165, 1.54) is 0 Å². The third kappa shape index (κ3) is 2.84. The average Bonchev–Trinajstić information content (AvgIpc) is 2.41. The molecule has 0 radical (unpaired) electrons. The second-order valence-electron chi connectivity index (χ2n) is 3.46. The van der Waals surface area contributed by atoms with Crippen LogP contribution in [0.2, 0.25) is 0 Å². The zero-order valence-corrected chi connectivity index (χ0v) is 12.9. The highest BCUT2D eigenvalue weighted by Gasteiger charge is 2.19. The molecule has 0 amide bonds. The van der Waals surface area contributed by atoms with E-state index in [1.54, 1.807) is 4.22 Å². The Bertz CT molecular complexity index is 511. The first-order valence-corrected chi connectivity index (χ1v) is 9.13. The summed E-state index contributed by atoms with van der Waals surface area (Å²) in [7, 11) is 0. The minimum absolute atomic E-state index is 1.13. The lowest BCUT2D eigenvalue weighted by atomic mass is 10.4. The van der Waals surface area contributed by atoms with Gasteiger partial charge in [-0.2, -0.15) is 0 Å². The molecule has 0 bridgehead atoms. The fourth-order valence-electron chi connectivity index (χ4n) is 1.60. The fraction of sp³-hybridized carbons (Fsp3) is 0. The van der Waals surface area contributed by atoms with Gasteiger partial charge in [0.1, 0.15) is 6.19 Å². The minimum atomic E-state index is -2.03. The first-order chi connectivity index (χ1) is 8.27. The van der Waals surface area contributed by atoms with E-state index in [9.17, 15) is 0 Å². The van der Waals surface area contributed by atoms with E-state index in [1.807, 2.05) is 36.4 Å². The van der Waals surface area contributed by atoms with Crippen molar-refractivity contribution in [1.29, 1.82) is 0 Å². The molecule has 0 aliphatic carbocycles. The maximum atomic E-state index is 5.84. The Morgan fingerprint density at radius 1 is 0.882 bits per heavy atom. The number of halogens is 1. The van der Waals surface area contributed by atoms with E-state index in [2.05, 4.69) is 51.6 Å². The summed E-state index contributed by atoms with van der Waals surface area (Å²) in [6, 6.07) is 20.3. The monoisotopic (exact) mass is 371 g/mol.